The SMILES string of the molecule is O=C(/C=C/c1cc(Cl)ccc1-n1cnnn1)N[C@@H](Cc1ccccc1)C(=O)Cc1ccc(OCC2CCCO2)cc1. The lowest BCUT2D eigenvalue weighted by Crippen LogP contribution is -2.42. The van der Waals surface area contributed by atoms with E-state index < -0.39 is 11.9 Å². The molecule has 0 radical (unpaired) electrons. The zero-order chi connectivity index (χ0) is 28.4. The molecule has 2 atom stereocenters. The predicted molar refractivity (Wildman–Crippen MR) is 155 cm³/mol. The third-order valence-corrected chi connectivity index (χ3v) is 6.98. The molecule has 1 aliphatic rings. The van der Waals surface area contributed by atoms with Crippen molar-refractivity contribution in [3.8, 4) is 11.4 Å². The highest BCUT2D eigenvalue weighted by Gasteiger charge is 2.21. The minimum atomic E-state index is -0.719. The summed E-state index contributed by atoms with van der Waals surface area (Å²) in [4.78, 5) is 26.5. The van der Waals surface area contributed by atoms with Gasteiger partial charge >= 0.3 is 0 Å². The molecule has 0 spiro atoms. The van der Waals surface area contributed by atoms with Crippen molar-refractivity contribution in [1.29, 1.82) is 0 Å². The molecule has 1 fully saturated rings. The van der Waals surface area contributed by atoms with Crippen molar-refractivity contribution in [1.82, 2.24) is 25.5 Å². The van der Waals surface area contributed by atoms with Crippen LogP contribution in [-0.2, 0) is 27.2 Å². The van der Waals surface area contributed by atoms with Gasteiger partial charge in [-0.15, -0.1) is 5.10 Å². The van der Waals surface area contributed by atoms with Gasteiger partial charge in [-0.25, -0.2) is 0 Å². The van der Waals surface area contributed by atoms with Crippen molar-refractivity contribution in [2.75, 3.05) is 13.2 Å². The van der Waals surface area contributed by atoms with Crippen molar-refractivity contribution in [2.24, 2.45) is 0 Å². The van der Waals surface area contributed by atoms with Gasteiger partial charge in [-0.2, -0.15) is 4.68 Å². The van der Waals surface area contributed by atoms with Crippen LogP contribution in [-0.4, -0.2) is 57.3 Å². The van der Waals surface area contributed by atoms with Gasteiger partial charge in [-0.05, 0) is 77.2 Å². The Hall–Kier alpha value is -4.34. The van der Waals surface area contributed by atoms with Crippen molar-refractivity contribution in [3.05, 3.63) is 107 Å². The number of amides is 1. The van der Waals surface area contributed by atoms with E-state index >= 15 is 0 Å². The van der Waals surface area contributed by atoms with Crippen LogP contribution in [0.1, 0.15) is 29.5 Å². The summed E-state index contributed by atoms with van der Waals surface area (Å²) in [6.07, 6.45) is 7.21. The first-order chi connectivity index (χ1) is 20.0. The van der Waals surface area contributed by atoms with Gasteiger partial charge in [0.1, 0.15) is 18.7 Å². The van der Waals surface area contributed by atoms with Gasteiger partial charge in [0.05, 0.1) is 17.8 Å². The molecule has 41 heavy (non-hydrogen) atoms. The van der Waals surface area contributed by atoms with Crippen LogP contribution in [0.4, 0.5) is 0 Å². The highest BCUT2D eigenvalue weighted by molar-refractivity contribution is 6.30. The Morgan fingerprint density at radius 2 is 1.93 bits per heavy atom. The molecule has 0 saturated carbocycles. The lowest BCUT2D eigenvalue weighted by atomic mass is 9.97. The van der Waals surface area contributed by atoms with Crippen LogP contribution in [0.2, 0.25) is 5.02 Å². The van der Waals surface area contributed by atoms with E-state index in [9.17, 15) is 9.59 Å². The summed E-state index contributed by atoms with van der Waals surface area (Å²) < 4.78 is 12.9. The number of rotatable bonds is 12. The van der Waals surface area contributed by atoms with Gasteiger partial charge in [0, 0.05) is 29.7 Å². The van der Waals surface area contributed by atoms with Crippen LogP contribution >= 0.6 is 11.6 Å². The van der Waals surface area contributed by atoms with Crippen LogP contribution in [0, 0.1) is 0 Å². The monoisotopic (exact) mass is 571 g/mol. The second-order valence-corrected chi connectivity index (χ2v) is 10.2. The topological polar surface area (TPSA) is 108 Å². The molecule has 2 heterocycles. The average molecular weight is 572 g/mol. The number of nitrogens with one attached hydrogen (secondary N) is 1. The van der Waals surface area contributed by atoms with E-state index in [0.29, 0.717) is 29.3 Å². The van der Waals surface area contributed by atoms with E-state index in [1.54, 1.807) is 24.3 Å². The smallest absolute Gasteiger partial charge is 0.244 e. The number of ether oxygens (including phenoxy) is 2. The molecule has 4 aromatic rings. The molecular formula is C31H30ClN5O4. The number of aromatic nitrogens is 4. The van der Waals surface area contributed by atoms with Gasteiger partial charge in [0.2, 0.25) is 5.91 Å². The molecule has 210 valence electrons. The molecule has 3 aromatic carbocycles. The Bertz CT molecular complexity index is 1470. The quantitative estimate of drug-likeness (QED) is 0.251. The van der Waals surface area contributed by atoms with E-state index in [1.165, 1.54) is 17.1 Å². The Morgan fingerprint density at radius 1 is 1.10 bits per heavy atom. The molecule has 10 heteroatoms. The van der Waals surface area contributed by atoms with Gasteiger partial charge < -0.3 is 14.8 Å². The Balaban J connectivity index is 1.26. The van der Waals surface area contributed by atoms with Gasteiger partial charge in [-0.3, -0.25) is 9.59 Å². The van der Waals surface area contributed by atoms with Crippen LogP contribution < -0.4 is 10.1 Å². The summed E-state index contributed by atoms with van der Waals surface area (Å²) in [5, 5.41) is 14.6. The molecule has 5 rings (SSSR count). The third-order valence-electron chi connectivity index (χ3n) is 6.75. The number of nitrogens with zero attached hydrogens (tertiary/aromatic N) is 4. The summed E-state index contributed by atoms with van der Waals surface area (Å²) in [6.45, 7) is 1.30. The maximum Gasteiger partial charge on any atom is 0.244 e. The number of ketones is 1. The number of halogens is 1. The molecule has 9 nitrogen and oxygen atoms in total. The standard InChI is InChI=1S/C31H30ClN5O4/c32-25-11-14-29(37-21-33-35-36-37)24(19-25)10-15-31(39)34-28(17-22-5-2-1-3-6-22)30(38)18-23-8-12-26(13-9-23)41-20-27-7-4-16-40-27/h1-3,5-6,8-15,19,21,27-28H,4,7,16-18,20H2,(H,34,39)/b15-10+/t27?,28-/m0/s1. The molecule has 1 N–H and O–H groups in total. The molecule has 1 amide bonds. The molecule has 0 bridgehead atoms. The number of Topliss-reactive ketones (excluding diaryl/α,β-unsaturated/α-hetero) is 1. The Kier molecular flexibility index (Phi) is 9.51. The minimum Gasteiger partial charge on any atom is -0.491 e. The van der Waals surface area contributed by atoms with Crippen LogP contribution in [0.25, 0.3) is 11.8 Å². The van der Waals surface area contributed by atoms with E-state index in [-0.39, 0.29) is 18.3 Å². The highest BCUT2D eigenvalue weighted by atomic mass is 35.5. The van der Waals surface area contributed by atoms with Crippen LogP contribution in [0.15, 0.2) is 85.2 Å². The summed E-state index contributed by atoms with van der Waals surface area (Å²) in [6, 6.07) is 21.6. The molecular weight excluding hydrogens is 542 g/mol. The average Bonchev–Trinajstić information content (AvgIpc) is 3.71. The second kappa shape index (κ2) is 13.8. The maximum absolute atomic E-state index is 13.4. The normalized spacial score (nSPS) is 15.6. The number of hydrogen-bond donors (Lipinski definition) is 1. The number of benzene rings is 3. The summed E-state index contributed by atoms with van der Waals surface area (Å²) in [7, 11) is 0. The number of carbonyl (C=O) groups excluding carboxylic acids is 2. The first-order valence-corrected chi connectivity index (χ1v) is 13.8. The number of carbonyl (C=O) groups is 2. The second-order valence-electron chi connectivity index (χ2n) is 9.77. The first-order valence-electron chi connectivity index (χ1n) is 13.4. The van der Waals surface area contributed by atoms with E-state index in [0.717, 1.165) is 36.3 Å². The van der Waals surface area contributed by atoms with Gasteiger partial charge in [-0.1, -0.05) is 54.1 Å². The molecule has 1 aromatic heterocycles. The summed E-state index contributed by atoms with van der Waals surface area (Å²) >= 11 is 6.19. The van der Waals surface area contributed by atoms with Crippen molar-refractivity contribution in [3.63, 3.8) is 0 Å². The summed E-state index contributed by atoms with van der Waals surface area (Å²) in [5.74, 6) is 0.235. The Labute approximate surface area is 243 Å². The largest absolute Gasteiger partial charge is 0.491 e. The summed E-state index contributed by atoms with van der Waals surface area (Å²) in [5.41, 5.74) is 3.09. The lowest BCUT2D eigenvalue weighted by molar-refractivity contribution is -0.125. The number of tetrazole rings is 1. The van der Waals surface area contributed by atoms with Gasteiger partial charge in [0.15, 0.2) is 5.78 Å². The molecule has 0 aliphatic carbocycles. The van der Waals surface area contributed by atoms with Crippen molar-refractivity contribution < 1.29 is 19.1 Å². The number of hydrogen-bond acceptors (Lipinski definition) is 7. The fraction of sp³-hybridized carbons (Fsp3) is 0.258. The predicted octanol–water partition coefficient (Wildman–Crippen LogP) is 4.43. The van der Waals surface area contributed by atoms with Crippen molar-refractivity contribution >= 4 is 29.4 Å². The van der Waals surface area contributed by atoms with Gasteiger partial charge in [0.25, 0.3) is 0 Å². The Morgan fingerprint density at radius 3 is 2.66 bits per heavy atom. The lowest BCUT2D eigenvalue weighted by Gasteiger charge is -2.17. The highest BCUT2D eigenvalue weighted by Crippen LogP contribution is 2.21. The maximum atomic E-state index is 13.4. The molecule has 1 aliphatic heterocycles. The fourth-order valence-corrected chi connectivity index (χ4v) is 4.79. The van der Waals surface area contributed by atoms with Crippen LogP contribution in [0.5, 0.6) is 5.75 Å². The van der Waals surface area contributed by atoms with Crippen molar-refractivity contribution in [2.45, 2.75) is 37.8 Å². The van der Waals surface area contributed by atoms with E-state index in [1.807, 2.05) is 54.6 Å². The van der Waals surface area contributed by atoms with Crippen LogP contribution in [0.3, 0.4) is 0 Å². The molecule has 1 saturated heterocycles. The van der Waals surface area contributed by atoms with E-state index in [2.05, 4.69) is 20.8 Å². The van der Waals surface area contributed by atoms with E-state index in [4.69, 9.17) is 21.1 Å². The first kappa shape index (κ1) is 28.2. The molecule has 1 unspecified atom stereocenters. The third kappa shape index (κ3) is 8.09. The zero-order valence-electron chi connectivity index (χ0n) is 22.4. The minimum absolute atomic E-state index is 0.0965. The zero-order valence-corrected chi connectivity index (χ0v) is 23.1. The fourth-order valence-electron chi connectivity index (χ4n) is 4.61.